The van der Waals surface area contributed by atoms with Gasteiger partial charge in [0.1, 0.15) is 0 Å². The fourth-order valence-corrected chi connectivity index (χ4v) is 2.88. The van der Waals surface area contributed by atoms with Gasteiger partial charge in [0, 0.05) is 35.7 Å². The predicted octanol–water partition coefficient (Wildman–Crippen LogP) is 3.80. The van der Waals surface area contributed by atoms with Crippen LogP contribution in [-0.2, 0) is 6.54 Å². The molecular formula is C16H25BrN2. The van der Waals surface area contributed by atoms with Gasteiger partial charge in [-0.2, -0.15) is 0 Å². The highest BCUT2D eigenvalue weighted by Gasteiger charge is 2.26. The number of rotatable bonds is 3. The van der Waals surface area contributed by atoms with Gasteiger partial charge in [0.15, 0.2) is 0 Å². The molecule has 1 aliphatic heterocycles. The molecule has 2 rings (SSSR count). The Kier molecular flexibility index (Phi) is 5.04. The van der Waals surface area contributed by atoms with Gasteiger partial charge in [-0.3, -0.25) is 4.90 Å². The molecule has 1 fully saturated rings. The summed E-state index contributed by atoms with van der Waals surface area (Å²) in [5.41, 5.74) is 1.68. The van der Waals surface area contributed by atoms with Gasteiger partial charge in [0.25, 0.3) is 0 Å². The molecule has 0 saturated carbocycles. The first-order valence-electron chi connectivity index (χ1n) is 7.18. The van der Waals surface area contributed by atoms with Gasteiger partial charge in [0.05, 0.1) is 0 Å². The van der Waals surface area contributed by atoms with E-state index in [1.807, 2.05) is 0 Å². The molecule has 1 heterocycles. The van der Waals surface area contributed by atoms with E-state index in [0.29, 0.717) is 11.6 Å². The summed E-state index contributed by atoms with van der Waals surface area (Å²) in [6.07, 6.45) is 2.52. The molecule has 1 aliphatic rings. The molecule has 0 radical (unpaired) electrons. The van der Waals surface area contributed by atoms with Crippen LogP contribution < -0.4 is 5.32 Å². The monoisotopic (exact) mass is 324 g/mol. The lowest BCUT2D eigenvalue weighted by Crippen LogP contribution is -2.49. The second-order valence-electron chi connectivity index (χ2n) is 6.44. The molecule has 0 bridgehead atoms. The first-order valence-corrected chi connectivity index (χ1v) is 7.97. The normalized spacial score (nSPS) is 18.7. The van der Waals surface area contributed by atoms with Crippen LogP contribution in [0, 0.1) is 0 Å². The van der Waals surface area contributed by atoms with E-state index in [1.54, 1.807) is 0 Å². The molecule has 2 nitrogen and oxygen atoms in total. The Bertz CT molecular complexity index is 386. The van der Waals surface area contributed by atoms with E-state index < -0.39 is 0 Å². The predicted molar refractivity (Wildman–Crippen MR) is 85.3 cm³/mol. The van der Waals surface area contributed by atoms with Crippen molar-refractivity contribution >= 4 is 15.9 Å². The number of likely N-dealkylation sites (tertiary alicyclic amines) is 1. The van der Waals surface area contributed by atoms with Gasteiger partial charge < -0.3 is 5.32 Å². The highest BCUT2D eigenvalue weighted by molar-refractivity contribution is 9.10. The van der Waals surface area contributed by atoms with E-state index >= 15 is 0 Å². The lowest BCUT2D eigenvalue weighted by atomic mass is 9.98. The third-order valence-electron chi connectivity index (χ3n) is 3.95. The summed E-state index contributed by atoms with van der Waals surface area (Å²) in [5.74, 6) is 0. The number of halogens is 1. The van der Waals surface area contributed by atoms with Gasteiger partial charge in [-0.15, -0.1) is 0 Å². The number of piperidine rings is 1. The van der Waals surface area contributed by atoms with Crippen LogP contribution in [-0.4, -0.2) is 29.6 Å². The van der Waals surface area contributed by atoms with Crippen LogP contribution in [0.5, 0.6) is 0 Å². The van der Waals surface area contributed by atoms with Crippen molar-refractivity contribution in [3.8, 4) is 0 Å². The zero-order valence-corrected chi connectivity index (χ0v) is 13.8. The quantitative estimate of drug-likeness (QED) is 0.909. The van der Waals surface area contributed by atoms with Crippen LogP contribution >= 0.6 is 15.9 Å². The lowest BCUT2D eigenvalue weighted by Gasteiger charge is -2.41. The van der Waals surface area contributed by atoms with Crippen molar-refractivity contribution in [1.82, 2.24) is 10.2 Å². The number of nitrogens with one attached hydrogen (secondary N) is 1. The zero-order valence-electron chi connectivity index (χ0n) is 12.2. The van der Waals surface area contributed by atoms with Crippen molar-refractivity contribution < 1.29 is 0 Å². The highest BCUT2D eigenvalue weighted by atomic mass is 79.9. The molecule has 1 N–H and O–H groups in total. The number of hydrogen-bond acceptors (Lipinski definition) is 2. The summed E-state index contributed by atoms with van der Waals surface area (Å²) in [6.45, 7) is 10.3. The van der Waals surface area contributed by atoms with Crippen molar-refractivity contribution in [3.05, 3.63) is 34.3 Å². The Labute approximate surface area is 125 Å². The van der Waals surface area contributed by atoms with Crippen LogP contribution in [0.2, 0.25) is 0 Å². The Balaban J connectivity index is 1.75. The van der Waals surface area contributed by atoms with E-state index in [0.717, 1.165) is 11.0 Å². The first-order chi connectivity index (χ1) is 8.95. The van der Waals surface area contributed by atoms with Crippen molar-refractivity contribution in [3.63, 3.8) is 0 Å². The van der Waals surface area contributed by atoms with E-state index in [9.17, 15) is 0 Å². The van der Waals surface area contributed by atoms with Crippen molar-refractivity contribution in [1.29, 1.82) is 0 Å². The molecule has 1 aromatic rings. The summed E-state index contributed by atoms with van der Waals surface area (Å²) in [7, 11) is 0. The SMILES string of the molecule is CC(C)(C)N1CCC(NCc2ccc(Br)cc2)CC1. The molecule has 0 atom stereocenters. The molecule has 0 amide bonds. The third kappa shape index (κ3) is 4.59. The van der Waals surface area contributed by atoms with Crippen molar-refractivity contribution in [2.75, 3.05) is 13.1 Å². The van der Waals surface area contributed by atoms with Crippen LogP contribution in [0.3, 0.4) is 0 Å². The summed E-state index contributed by atoms with van der Waals surface area (Å²) >= 11 is 3.47. The van der Waals surface area contributed by atoms with Gasteiger partial charge in [0.2, 0.25) is 0 Å². The molecular weight excluding hydrogens is 300 g/mol. The lowest BCUT2D eigenvalue weighted by molar-refractivity contribution is 0.0960. The maximum atomic E-state index is 3.69. The second-order valence-corrected chi connectivity index (χ2v) is 7.36. The minimum atomic E-state index is 0.316. The summed E-state index contributed by atoms with van der Waals surface area (Å²) in [5, 5.41) is 3.69. The van der Waals surface area contributed by atoms with Crippen LogP contribution in [0.4, 0.5) is 0 Å². The molecule has 3 heteroatoms. The van der Waals surface area contributed by atoms with Crippen LogP contribution in [0.25, 0.3) is 0 Å². The Morgan fingerprint density at radius 1 is 1.16 bits per heavy atom. The van der Waals surface area contributed by atoms with Gasteiger partial charge in [-0.25, -0.2) is 0 Å². The Hall–Kier alpha value is -0.380. The van der Waals surface area contributed by atoms with Gasteiger partial charge in [-0.05, 0) is 51.3 Å². The summed E-state index contributed by atoms with van der Waals surface area (Å²) in [4.78, 5) is 2.59. The highest BCUT2D eigenvalue weighted by Crippen LogP contribution is 2.20. The average molecular weight is 325 g/mol. The maximum Gasteiger partial charge on any atom is 0.0208 e. The van der Waals surface area contributed by atoms with E-state index in [-0.39, 0.29) is 0 Å². The molecule has 19 heavy (non-hydrogen) atoms. The summed E-state index contributed by atoms with van der Waals surface area (Å²) < 4.78 is 1.15. The Morgan fingerprint density at radius 2 is 1.74 bits per heavy atom. The zero-order chi connectivity index (χ0) is 13.9. The van der Waals surface area contributed by atoms with E-state index in [1.165, 1.54) is 31.5 Å². The van der Waals surface area contributed by atoms with E-state index in [2.05, 4.69) is 71.2 Å². The summed E-state index contributed by atoms with van der Waals surface area (Å²) in [6, 6.07) is 9.25. The van der Waals surface area contributed by atoms with Gasteiger partial charge >= 0.3 is 0 Å². The largest absolute Gasteiger partial charge is 0.310 e. The molecule has 1 aromatic carbocycles. The third-order valence-corrected chi connectivity index (χ3v) is 4.48. The molecule has 0 spiro atoms. The molecule has 0 aliphatic carbocycles. The number of benzene rings is 1. The minimum absolute atomic E-state index is 0.316. The molecule has 0 aromatic heterocycles. The van der Waals surface area contributed by atoms with E-state index in [4.69, 9.17) is 0 Å². The number of hydrogen-bond donors (Lipinski definition) is 1. The minimum Gasteiger partial charge on any atom is -0.310 e. The Morgan fingerprint density at radius 3 is 2.26 bits per heavy atom. The van der Waals surface area contributed by atoms with Crippen molar-refractivity contribution in [2.24, 2.45) is 0 Å². The fourth-order valence-electron chi connectivity index (χ4n) is 2.62. The number of nitrogens with zero attached hydrogens (tertiary/aromatic N) is 1. The van der Waals surface area contributed by atoms with Crippen molar-refractivity contribution in [2.45, 2.75) is 51.7 Å². The van der Waals surface area contributed by atoms with Crippen LogP contribution in [0.15, 0.2) is 28.7 Å². The average Bonchev–Trinajstić information content (AvgIpc) is 2.37. The molecule has 0 unspecified atom stereocenters. The van der Waals surface area contributed by atoms with Gasteiger partial charge in [-0.1, -0.05) is 28.1 Å². The molecule has 1 saturated heterocycles. The van der Waals surface area contributed by atoms with Crippen LogP contribution in [0.1, 0.15) is 39.2 Å². The first kappa shape index (κ1) is 15.0. The topological polar surface area (TPSA) is 15.3 Å². The smallest absolute Gasteiger partial charge is 0.0208 e. The standard InChI is InChI=1S/C16H25BrN2/c1-16(2,3)19-10-8-15(9-11-19)18-12-13-4-6-14(17)7-5-13/h4-7,15,18H,8-12H2,1-3H3. The molecule has 106 valence electrons. The maximum absolute atomic E-state index is 3.69. The second kappa shape index (κ2) is 6.38. The fraction of sp³-hybridized carbons (Fsp3) is 0.625.